The van der Waals surface area contributed by atoms with Gasteiger partial charge in [0.15, 0.2) is 0 Å². The molecule has 2 amide bonds. The third-order valence-corrected chi connectivity index (χ3v) is 4.34. The lowest BCUT2D eigenvalue weighted by molar-refractivity contribution is -0.117. The molecule has 1 N–H and O–H groups in total. The molecule has 0 aliphatic carbocycles. The van der Waals surface area contributed by atoms with Crippen LogP contribution in [-0.4, -0.2) is 18.4 Å². The molecule has 0 spiro atoms. The van der Waals surface area contributed by atoms with E-state index in [2.05, 4.69) is 5.32 Å². The van der Waals surface area contributed by atoms with Gasteiger partial charge in [-0.3, -0.25) is 9.59 Å². The molecule has 1 fully saturated rings. The highest BCUT2D eigenvalue weighted by molar-refractivity contribution is 6.06. The number of anilines is 2. The number of rotatable bonds is 3. The van der Waals surface area contributed by atoms with Crippen molar-refractivity contribution in [3.05, 3.63) is 59.2 Å². The fourth-order valence-corrected chi connectivity index (χ4v) is 2.87. The molecule has 1 saturated heterocycles. The van der Waals surface area contributed by atoms with Gasteiger partial charge in [-0.2, -0.15) is 0 Å². The fraction of sp³-hybridized carbons (Fsp3) is 0.263. The first kappa shape index (κ1) is 15.3. The van der Waals surface area contributed by atoms with Crippen LogP contribution in [0, 0.1) is 13.8 Å². The Bertz CT molecular complexity index is 768. The Balaban J connectivity index is 1.81. The Morgan fingerprint density at radius 1 is 1.13 bits per heavy atom. The van der Waals surface area contributed by atoms with Gasteiger partial charge in [-0.15, -0.1) is 0 Å². The first-order valence-corrected chi connectivity index (χ1v) is 7.84. The third-order valence-electron chi connectivity index (χ3n) is 4.34. The first-order valence-electron chi connectivity index (χ1n) is 7.84. The van der Waals surface area contributed by atoms with Crippen LogP contribution in [-0.2, 0) is 4.79 Å². The molecule has 0 atom stereocenters. The first-order chi connectivity index (χ1) is 11.1. The summed E-state index contributed by atoms with van der Waals surface area (Å²) in [7, 11) is 0. The van der Waals surface area contributed by atoms with Gasteiger partial charge in [-0.05, 0) is 55.7 Å². The molecule has 2 aromatic rings. The summed E-state index contributed by atoms with van der Waals surface area (Å²) in [4.78, 5) is 26.1. The van der Waals surface area contributed by atoms with Gasteiger partial charge in [0.25, 0.3) is 5.91 Å². The predicted molar refractivity (Wildman–Crippen MR) is 91.9 cm³/mol. The predicted octanol–water partition coefficient (Wildman–Crippen LogP) is 3.68. The summed E-state index contributed by atoms with van der Waals surface area (Å²) in [5, 5.41) is 2.93. The highest BCUT2D eigenvalue weighted by atomic mass is 16.2. The van der Waals surface area contributed by atoms with E-state index < -0.39 is 0 Å². The van der Waals surface area contributed by atoms with Crippen molar-refractivity contribution >= 4 is 23.2 Å². The molecule has 1 aliphatic rings. The highest BCUT2D eigenvalue weighted by Gasteiger charge is 2.21. The number of hydrogen-bond donors (Lipinski definition) is 1. The third kappa shape index (κ3) is 3.11. The SMILES string of the molecule is Cc1cccc(C(=O)Nc2cccc(N3CCCC3=O)c2)c1C. The van der Waals surface area contributed by atoms with E-state index >= 15 is 0 Å². The summed E-state index contributed by atoms with van der Waals surface area (Å²) < 4.78 is 0. The van der Waals surface area contributed by atoms with Crippen LogP contribution in [0.4, 0.5) is 11.4 Å². The maximum Gasteiger partial charge on any atom is 0.255 e. The largest absolute Gasteiger partial charge is 0.322 e. The van der Waals surface area contributed by atoms with Crippen molar-refractivity contribution in [2.45, 2.75) is 26.7 Å². The quantitative estimate of drug-likeness (QED) is 0.940. The zero-order valence-electron chi connectivity index (χ0n) is 13.4. The second kappa shape index (κ2) is 6.24. The average Bonchev–Trinajstić information content (AvgIpc) is 2.96. The van der Waals surface area contributed by atoms with Crippen LogP contribution in [0.2, 0.25) is 0 Å². The molecule has 0 unspecified atom stereocenters. The van der Waals surface area contributed by atoms with E-state index in [0.29, 0.717) is 17.7 Å². The van der Waals surface area contributed by atoms with Crippen molar-refractivity contribution in [2.75, 3.05) is 16.8 Å². The zero-order chi connectivity index (χ0) is 16.4. The van der Waals surface area contributed by atoms with Crippen molar-refractivity contribution < 1.29 is 9.59 Å². The van der Waals surface area contributed by atoms with Crippen molar-refractivity contribution in [3.63, 3.8) is 0 Å². The van der Waals surface area contributed by atoms with Crippen LogP contribution in [0.5, 0.6) is 0 Å². The van der Waals surface area contributed by atoms with E-state index in [4.69, 9.17) is 0 Å². The minimum absolute atomic E-state index is 0.129. The Labute approximate surface area is 136 Å². The topological polar surface area (TPSA) is 49.4 Å². The van der Waals surface area contributed by atoms with Crippen molar-refractivity contribution in [2.24, 2.45) is 0 Å². The molecule has 0 radical (unpaired) electrons. The Morgan fingerprint density at radius 2 is 1.91 bits per heavy atom. The van der Waals surface area contributed by atoms with Gasteiger partial charge in [0.2, 0.25) is 5.91 Å². The molecular weight excluding hydrogens is 288 g/mol. The molecule has 2 aromatic carbocycles. The summed E-state index contributed by atoms with van der Waals surface area (Å²) in [6, 6.07) is 13.2. The lowest BCUT2D eigenvalue weighted by Gasteiger charge is -2.17. The van der Waals surface area contributed by atoms with E-state index in [0.717, 1.165) is 29.8 Å². The molecule has 0 bridgehead atoms. The molecule has 3 rings (SSSR count). The highest BCUT2D eigenvalue weighted by Crippen LogP contribution is 2.25. The normalized spacial score (nSPS) is 14.2. The van der Waals surface area contributed by atoms with Gasteiger partial charge >= 0.3 is 0 Å². The molecule has 0 aromatic heterocycles. The molecular formula is C19H20N2O2. The molecule has 0 saturated carbocycles. The number of carbonyl (C=O) groups excluding carboxylic acids is 2. The monoisotopic (exact) mass is 308 g/mol. The van der Waals surface area contributed by atoms with Gasteiger partial charge in [0.05, 0.1) is 0 Å². The smallest absolute Gasteiger partial charge is 0.255 e. The van der Waals surface area contributed by atoms with Crippen LogP contribution in [0.1, 0.15) is 34.3 Å². The summed E-state index contributed by atoms with van der Waals surface area (Å²) in [6.45, 7) is 4.68. The van der Waals surface area contributed by atoms with Gasteiger partial charge < -0.3 is 10.2 Å². The van der Waals surface area contributed by atoms with Gasteiger partial charge in [0, 0.05) is 29.9 Å². The van der Waals surface area contributed by atoms with Crippen LogP contribution >= 0.6 is 0 Å². The summed E-state index contributed by atoms with van der Waals surface area (Å²) in [5.74, 6) is 0.0131. The minimum atomic E-state index is -0.129. The number of hydrogen-bond acceptors (Lipinski definition) is 2. The number of nitrogens with one attached hydrogen (secondary N) is 1. The molecule has 4 nitrogen and oxygen atoms in total. The Kier molecular flexibility index (Phi) is 4.15. The number of aryl methyl sites for hydroxylation is 1. The summed E-state index contributed by atoms with van der Waals surface area (Å²) in [5.41, 5.74) is 4.29. The number of nitrogens with zero attached hydrogens (tertiary/aromatic N) is 1. The minimum Gasteiger partial charge on any atom is -0.322 e. The standard InChI is InChI=1S/C19H20N2O2/c1-13-6-3-9-17(14(13)2)19(23)20-15-7-4-8-16(12-15)21-11-5-10-18(21)22/h3-4,6-9,12H,5,10-11H2,1-2H3,(H,20,23). The summed E-state index contributed by atoms with van der Waals surface area (Å²) >= 11 is 0. The van der Waals surface area contributed by atoms with E-state index in [1.54, 1.807) is 4.90 Å². The zero-order valence-corrected chi connectivity index (χ0v) is 13.4. The number of amides is 2. The fourth-order valence-electron chi connectivity index (χ4n) is 2.87. The van der Waals surface area contributed by atoms with E-state index in [1.807, 2.05) is 56.3 Å². The van der Waals surface area contributed by atoms with Gasteiger partial charge in [0.1, 0.15) is 0 Å². The number of carbonyl (C=O) groups is 2. The lowest BCUT2D eigenvalue weighted by Crippen LogP contribution is -2.23. The maximum absolute atomic E-state index is 12.5. The number of benzene rings is 2. The Morgan fingerprint density at radius 3 is 2.65 bits per heavy atom. The van der Waals surface area contributed by atoms with Crippen LogP contribution in [0.15, 0.2) is 42.5 Å². The Hall–Kier alpha value is -2.62. The van der Waals surface area contributed by atoms with Crippen molar-refractivity contribution in [1.29, 1.82) is 0 Å². The van der Waals surface area contributed by atoms with E-state index in [1.165, 1.54) is 0 Å². The average molecular weight is 308 g/mol. The van der Waals surface area contributed by atoms with Crippen molar-refractivity contribution in [3.8, 4) is 0 Å². The van der Waals surface area contributed by atoms with Crippen LogP contribution in [0.25, 0.3) is 0 Å². The maximum atomic E-state index is 12.5. The summed E-state index contributed by atoms with van der Waals surface area (Å²) in [6.07, 6.45) is 1.48. The van der Waals surface area contributed by atoms with E-state index in [-0.39, 0.29) is 11.8 Å². The van der Waals surface area contributed by atoms with Crippen LogP contribution in [0.3, 0.4) is 0 Å². The lowest BCUT2D eigenvalue weighted by atomic mass is 10.0. The van der Waals surface area contributed by atoms with Gasteiger partial charge in [-0.25, -0.2) is 0 Å². The van der Waals surface area contributed by atoms with Crippen molar-refractivity contribution in [1.82, 2.24) is 0 Å². The molecule has 23 heavy (non-hydrogen) atoms. The second-order valence-corrected chi connectivity index (χ2v) is 5.90. The molecule has 4 heteroatoms. The molecule has 1 heterocycles. The van der Waals surface area contributed by atoms with Gasteiger partial charge in [-0.1, -0.05) is 18.2 Å². The van der Waals surface area contributed by atoms with E-state index in [9.17, 15) is 9.59 Å². The second-order valence-electron chi connectivity index (χ2n) is 5.90. The molecule has 118 valence electrons. The molecule has 1 aliphatic heterocycles. The van der Waals surface area contributed by atoms with Crippen LogP contribution < -0.4 is 10.2 Å².